The van der Waals surface area contributed by atoms with Gasteiger partial charge in [0.15, 0.2) is 5.69 Å². The van der Waals surface area contributed by atoms with E-state index in [0.29, 0.717) is 11.3 Å². The second-order valence-corrected chi connectivity index (χ2v) is 20.8. The normalized spacial score (nSPS) is 16.2. The van der Waals surface area contributed by atoms with Gasteiger partial charge in [0, 0.05) is 102 Å². The molecule has 0 aliphatic heterocycles. The Hall–Kier alpha value is -5.32. The molecule has 0 saturated heterocycles. The van der Waals surface area contributed by atoms with Gasteiger partial charge < -0.3 is 25.0 Å². The molecule has 423 valence electrons. The summed E-state index contributed by atoms with van der Waals surface area (Å²) in [5.41, 5.74) is 5.00. The zero-order valence-corrected chi connectivity index (χ0v) is 51.8. The summed E-state index contributed by atoms with van der Waals surface area (Å²) >= 11 is 0. The summed E-state index contributed by atoms with van der Waals surface area (Å²) < 4.78 is 68.9. The molecule has 9 nitrogen and oxygen atoms in total. The summed E-state index contributed by atoms with van der Waals surface area (Å²) in [5, 5.41) is 8.32. The molecule has 0 bridgehead atoms. The van der Waals surface area contributed by atoms with Crippen molar-refractivity contribution in [2.24, 2.45) is 5.41 Å². The van der Waals surface area contributed by atoms with Gasteiger partial charge in [0.1, 0.15) is 23.4 Å². The third-order valence-electron chi connectivity index (χ3n) is 15.5. The standard InChI is InChI=1S/C19H17F2N2.C19H23N2.C18H18F3N2.C6H5NO2.3Ir/c1-19(9-4-3-5-10-19)13-8-11-23-16(12-13)14-6-7-15(20)18(22-2)17(14)21;1-19(12-6-3-2-4-7-13-19)18-11-10-16(15-21-18)17-9-5-8-14-20-17;1-11(18(2)7-3-4-8-18)13-10-22-15(9-14(13)19)12-5-6-16(20)23-17(12)21;8-6(9)5-3-1-2-4-7-5;;;/h7-8,11-12H,3-5,9-10H2,1H3;5,8-9,11,14-15H,2-4,6-7,12-13H2,1H3;6,9-11H,3-4,7-8H2,1-2H3;1-4H,(H,8,9);;;/q3*-1;;;;. The fraction of sp³-hybridized carbons (Fsp3) is 0.387. The molecular formula is C62H63F5Ir3N7O2-3. The van der Waals surface area contributed by atoms with Crippen LogP contribution in [0.3, 0.4) is 0 Å². The SMILES string of the molecule is CC(c1cnc(-c2[c-]cc(F)nc2F)cc1F)C1(C)CCCC1.CC1(c2c[c-]c(-c3ccccn3)cn2)CCCCCCC1.O=C(O)c1ccccn1.[C-]#[N+]c1c(F)c[c-]c(-c2cc(C3(C)CCCCC3)ccn2)c1F.[Ir].[Ir].[Ir]. The molecule has 1 aromatic carbocycles. The molecule has 1 N–H and O–H groups in total. The molecule has 0 spiro atoms. The predicted octanol–water partition coefficient (Wildman–Crippen LogP) is 16.4. The van der Waals surface area contributed by atoms with E-state index in [-0.39, 0.29) is 105 Å². The zero-order chi connectivity index (χ0) is 54.3. The summed E-state index contributed by atoms with van der Waals surface area (Å²) in [6.07, 6.45) is 27.8. The molecule has 1 atom stereocenters. The van der Waals surface area contributed by atoms with Gasteiger partial charge in [-0.15, -0.1) is 41.5 Å². The zero-order valence-electron chi connectivity index (χ0n) is 44.6. The summed E-state index contributed by atoms with van der Waals surface area (Å²) in [6.45, 7) is 15.7. The second kappa shape index (κ2) is 31.0. The Balaban J connectivity index is 0.000000233. The fourth-order valence-corrected chi connectivity index (χ4v) is 10.6. The van der Waals surface area contributed by atoms with E-state index < -0.39 is 41.0 Å². The Morgan fingerprint density at radius 3 is 1.76 bits per heavy atom. The van der Waals surface area contributed by atoms with E-state index in [2.05, 4.69) is 74.8 Å². The Labute approximate surface area is 501 Å². The van der Waals surface area contributed by atoms with Crippen LogP contribution in [0.15, 0.2) is 104 Å². The van der Waals surface area contributed by atoms with Crippen molar-refractivity contribution in [3.8, 4) is 33.8 Å². The largest absolute Gasteiger partial charge is 0.477 e. The third-order valence-corrected chi connectivity index (χ3v) is 15.5. The van der Waals surface area contributed by atoms with Crippen LogP contribution in [0.2, 0.25) is 0 Å². The number of hydrogen-bond donors (Lipinski definition) is 1. The summed E-state index contributed by atoms with van der Waals surface area (Å²) in [4.78, 5) is 37.2. The van der Waals surface area contributed by atoms with Gasteiger partial charge in [-0.05, 0) is 107 Å². The maximum Gasteiger partial charge on any atom is 0.354 e. The number of hydrogen-bond acceptors (Lipinski definition) is 7. The average Bonchev–Trinajstić information content (AvgIpc) is 3.91. The fourth-order valence-electron chi connectivity index (χ4n) is 10.6. The number of nitrogens with zero attached hydrogens (tertiary/aromatic N) is 7. The number of aromatic carboxylic acids is 1. The maximum absolute atomic E-state index is 14.5. The molecule has 6 aromatic heterocycles. The van der Waals surface area contributed by atoms with Gasteiger partial charge in [0.25, 0.3) is 0 Å². The Kier molecular flexibility index (Phi) is 26.0. The summed E-state index contributed by atoms with van der Waals surface area (Å²) in [5.74, 6) is -5.17. The van der Waals surface area contributed by atoms with Crippen LogP contribution in [0.25, 0.3) is 38.6 Å². The van der Waals surface area contributed by atoms with Gasteiger partial charge in [-0.2, -0.15) is 0 Å². The quantitative estimate of drug-likeness (QED) is 0.0908. The first kappa shape index (κ1) is 66.2. The monoisotopic (exact) mass is 1610 g/mol. The molecule has 10 rings (SSSR count). The first-order valence-electron chi connectivity index (χ1n) is 26.1. The molecule has 6 heterocycles. The van der Waals surface area contributed by atoms with Crippen molar-refractivity contribution in [3.05, 3.63) is 185 Å². The van der Waals surface area contributed by atoms with Crippen molar-refractivity contribution in [2.45, 2.75) is 147 Å². The van der Waals surface area contributed by atoms with Crippen LogP contribution in [0.4, 0.5) is 27.6 Å². The van der Waals surface area contributed by atoms with Crippen LogP contribution in [0.1, 0.15) is 164 Å². The van der Waals surface area contributed by atoms with Gasteiger partial charge in [0.2, 0.25) is 0 Å². The first-order valence-corrected chi connectivity index (χ1v) is 26.1. The Bertz CT molecular complexity index is 3080. The van der Waals surface area contributed by atoms with Crippen molar-refractivity contribution in [2.75, 3.05) is 0 Å². The van der Waals surface area contributed by atoms with Crippen LogP contribution in [0, 0.1) is 59.5 Å². The molecule has 0 amide bonds. The molecule has 3 aliphatic rings. The van der Waals surface area contributed by atoms with E-state index in [0.717, 1.165) is 67.5 Å². The van der Waals surface area contributed by atoms with Gasteiger partial charge in [0.05, 0.1) is 6.57 Å². The summed E-state index contributed by atoms with van der Waals surface area (Å²) in [6, 6.07) is 28.1. The topological polar surface area (TPSA) is 119 Å². The van der Waals surface area contributed by atoms with Crippen LogP contribution >= 0.6 is 0 Å². The van der Waals surface area contributed by atoms with Crippen LogP contribution in [-0.2, 0) is 71.1 Å². The maximum atomic E-state index is 14.5. The molecule has 3 radical (unpaired) electrons. The number of carboxylic acid groups (broad SMARTS) is 1. The average molecular weight is 1610 g/mol. The molecule has 3 fully saturated rings. The summed E-state index contributed by atoms with van der Waals surface area (Å²) in [7, 11) is 0. The minimum absolute atomic E-state index is 0. The first-order chi connectivity index (χ1) is 36.5. The van der Waals surface area contributed by atoms with Gasteiger partial charge in [-0.3, -0.25) is 18.6 Å². The van der Waals surface area contributed by atoms with Crippen LogP contribution in [0.5, 0.6) is 0 Å². The van der Waals surface area contributed by atoms with E-state index in [9.17, 15) is 26.7 Å². The predicted molar refractivity (Wildman–Crippen MR) is 283 cm³/mol. The molecule has 3 aliphatic carbocycles. The van der Waals surface area contributed by atoms with Crippen molar-refractivity contribution in [1.82, 2.24) is 29.9 Å². The number of benzene rings is 1. The number of carbonyl (C=O) groups is 1. The third kappa shape index (κ3) is 17.3. The molecular weight excluding hydrogens is 1550 g/mol. The Morgan fingerprint density at radius 2 is 1.20 bits per heavy atom. The minimum Gasteiger partial charge on any atom is -0.477 e. The molecule has 79 heavy (non-hydrogen) atoms. The van der Waals surface area contributed by atoms with Crippen molar-refractivity contribution in [1.29, 1.82) is 0 Å². The van der Waals surface area contributed by atoms with Crippen molar-refractivity contribution >= 4 is 11.7 Å². The molecule has 1 unspecified atom stereocenters. The number of aromatic nitrogens is 6. The van der Waals surface area contributed by atoms with Crippen LogP contribution < -0.4 is 0 Å². The van der Waals surface area contributed by atoms with E-state index in [4.69, 9.17) is 16.7 Å². The van der Waals surface area contributed by atoms with Crippen LogP contribution in [-0.4, -0.2) is 41.0 Å². The molecule has 3 saturated carbocycles. The molecule has 7 aromatic rings. The second-order valence-electron chi connectivity index (χ2n) is 20.8. The molecule has 17 heteroatoms. The van der Waals surface area contributed by atoms with Crippen molar-refractivity contribution in [3.63, 3.8) is 0 Å². The van der Waals surface area contributed by atoms with E-state index in [1.165, 1.54) is 94.4 Å². The Morgan fingerprint density at radius 1 is 0.620 bits per heavy atom. The van der Waals surface area contributed by atoms with E-state index >= 15 is 0 Å². The number of pyridine rings is 6. The number of carboxylic acids is 1. The van der Waals surface area contributed by atoms with E-state index in [1.54, 1.807) is 18.3 Å². The number of rotatable bonds is 8. The smallest absolute Gasteiger partial charge is 0.354 e. The van der Waals surface area contributed by atoms with Gasteiger partial charge in [-0.1, -0.05) is 147 Å². The van der Waals surface area contributed by atoms with E-state index in [1.807, 2.05) is 49.6 Å². The van der Waals surface area contributed by atoms with Gasteiger partial charge >= 0.3 is 5.97 Å². The van der Waals surface area contributed by atoms with Gasteiger partial charge in [-0.25, -0.2) is 22.9 Å². The number of halogens is 5. The minimum atomic E-state index is -1.04. The van der Waals surface area contributed by atoms with Crippen molar-refractivity contribution < 1.29 is 92.2 Å².